The summed E-state index contributed by atoms with van der Waals surface area (Å²) in [5.41, 5.74) is 0. The average molecular weight is 262 g/mol. The van der Waals surface area contributed by atoms with Crippen LogP contribution in [0.25, 0.3) is 0 Å². The molecule has 1 rings (SSSR count). The Balaban J connectivity index is 2.42. The predicted octanol–water partition coefficient (Wildman–Crippen LogP) is 2.81. The fraction of sp³-hybridized carbons (Fsp3) is 0.923. The van der Waals surface area contributed by atoms with Gasteiger partial charge in [0.2, 0.25) is 5.91 Å². The van der Waals surface area contributed by atoms with Gasteiger partial charge in [-0.25, -0.2) is 0 Å². The van der Waals surface area contributed by atoms with Crippen LogP contribution in [0.1, 0.15) is 45.4 Å². The zero-order valence-corrected chi connectivity index (χ0v) is 11.5. The number of carbonyl (C=O) groups is 1. The molecule has 0 bridgehead atoms. The first-order valence-electron chi connectivity index (χ1n) is 6.72. The Morgan fingerprint density at radius 1 is 1.35 bits per heavy atom. The lowest BCUT2D eigenvalue weighted by atomic mass is 9.94. The summed E-state index contributed by atoms with van der Waals surface area (Å²) in [5.74, 6) is 0.613. The van der Waals surface area contributed by atoms with Crippen LogP contribution in [0.3, 0.4) is 0 Å². The number of carbonyl (C=O) groups excluding carboxylic acids is 1. The van der Waals surface area contributed by atoms with Crippen LogP contribution in [0, 0.1) is 0 Å². The van der Waals surface area contributed by atoms with Gasteiger partial charge in [-0.2, -0.15) is 0 Å². The zero-order valence-electron chi connectivity index (χ0n) is 10.8. The summed E-state index contributed by atoms with van der Waals surface area (Å²) in [6.07, 6.45) is 6.95. The molecule has 4 heteroatoms. The molecule has 0 saturated heterocycles. The third kappa shape index (κ3) is 5.26. The molecule has 0 aromatic carbocycles. The third-order valence-corrected chi connectivity index (χ3v) is 3.40. The smallest absolute Gasteiger partial charge is 0.248 e. The second-order valence-corrected chi connectivity index (χ2v) is 5.00. The first kappa shape index (κ1) is 14.8. The maximum atomic E-state index is 12.0. The average Bonchev–Trinajstić information content (AvgIpc) is 2.37. The van der Waals surface area contributed by atoms with E-state index in [0.29, 0.717) is 25.1 Å². The highest BCUT2D eigenvalue weighted by atomic mass is 35.5. The van der Waals surface area contributed by atoms with Gasteiger partial charge in [-0.3, -0.25) is 4.79 Å². The molecule has 3 nitrogen and oxygen atoms in total. The minimum absolute atomic E-state index is 0.103. The summed E-state index contributed by atoms with van der Waals surface area (Å²) >= 11 is 5.79. The Kier molecular flexibility index (Phi) is 7.62. The van der Waals surface area contributed by atoms with Crippen LogP contribution >= 0.6 is 11.6 Å². The number of halogens is 1. The van der Waals surface area contributed by atoms with Crippen molar-refractivity contribution in [2.75, 3.05) is 25.6 Å². The Labute approximate surface area is 109 Å². The molecule has 0 spiro atoms. The largest absolute Gasteiger partial charge is 0.372 e. The van der Waals surface area contributed by atoms with Crippen molar-refractivity contribution in [1.29, 1.82) is 0 Å². The summed E-state index contributed by atoms with van der Waals surface area (Å²) in [7, 11) is 0. The lowest BCUT2D eigenvalue weighted by Gasteiger charge is -2.34. The molecule has 1 fully saturated rings. The van der Waals surface area contributed by atoms with Gasteiger partial charge < -0.3 is 9.64 Å². The lowest BCUT2D eigenvalue weighted by molar-refractivity contribution is -0.138. The Morgan fingerprint density at radius 2 is 2.06 bits per heavy atom. The van der Waals surface area contributed by atoms with Crippen molar-refractivity contribution in [2.45, 2.75) is 51.5 Å². The topological polar surface area (TPSA) is 29.5 Å². The SMILES string of the molecule is CCCOCC(=O)N(CCCl)C1CCCCC1. The van der Waals surface area contributed by atoms with Crippen LogP contribution in [-0.2, 0) is 9.53 Å². The number of hydrogen-bond acceptors (Lipinski definition) is 2. The number of ether oxygens (including phenoxy) is 1. The molecule has 0 radical (unpaired) electrons. The van der Waals surface area contributed by atoms with Gasteiger partial charge >= 0.3 is 0 Å². The fourth-order valence-corrected chi connectivity index (χ4v) is 2.56. The van der Waals surface area contributed by atoms with Crippen LogP contribution in [0.15, 0.2) is 0 Å². The van der Waals surface area contributed by atoms with E-state index in [-0.39, 0.29) is 12.5 Å². The van der Waals surface area contributed by atoms with Crippen LogP contribution in [0.4, 0.5) is 0 Å². The van der Waals surface area contributed by atoms with Crippen molar-refractivity contribution in [3.63, 3.8) is 0 Å². The van der Waals surface area contributed by atoms with E-state index in [2.05, 4.69) is 0 Å². The van der Waals surface area contributed by atoms with Crippen molar-refractivity contribution >= 4 is 17.5 Å². The van der Waals surface area contributed by atoms with Crippen LogP contribution in [0.5, 0.6) is 0 Å². The van der Waals surface area contributed by atoms with Crippen LogP contribution < -0.4 is 0 Å². The van der Waals surface area contributed by atoms with Crippen molar-refractivity contribution in [3.05, 3.63) is 0 Å². The predicted molar refractivity (Wildman–Crippen MR) is 70.4 cm³/mol. The van der Waals surface area contributed by atoms with Gasteiger partial charge in [0.1, 0.15) is 6.61 Å². The summed E-state index contributed by atoms with van der Waals surface area (Å²) in [5, 5.41) is 0. The third-order valence-electron chi connectivity index (χ3n) is 3.24. The van der Waals surface area contributed by atoms with Crippen molar-refractivity contribution in [1.82, 2.24) is 4.90 Å². The number of rotatable bonds is 7. The molecule has 0 aliphatic heterocycles. The maximum absolute atomic E-state index is 12.0. The van der Waals surface area contributed by atoms with Gasteiger partial charge in [-0.05, 0) is 19.3 Å². The molecular weight excluding hydrogens is 238 g/mol. The number of hydrogen-bond donors (Lipinski definition) is 0. The lowest BCUT2D eigenvalue weighted by Crippen LogP contribution is -2.44. The molecule has 0 unspecified atom stereocenters. The molecule has 1 aliphatic carbocycles. The second-order valence-electron chi connectivity index (χ2n) is 4.62. The molecule has 1 saturated carbocycles. The highest BCUT2D eigenvalue weighted by molar-refractivity contribution is 6.18. The molecule has 0 aromatic rings. The van der Waals surface area contributed by atoms with Crippen LogP contribution in [0.2, 0.25) is 0 Å². The van der Waals surface area contributed by atoms with E-state index in [1.807, 2.05) is 11.8 Å². The van der Waals surface area contributed by atoms with E-state index < -0.39 is 0 Å². The molecule has 0 atom stereocenters. The van der Waals surface area contributed by atoms with E-state index in [1.165, 1.54) is 19.3 Å². The molecule has 0 aromatic heterocycles. The summed E-state index contributed by atoms with van der Waals surface area (Å²) < 4.78 is 5.33. The summed E-state index contributed by atoms with van der Waals surface area (Å²) in [6, 6.07) is 0.389. The van der Waals surface area contributed by atoms with Gasteiger partial charge in [-0.15, -0.1) is 11.6 Å². The fourth-order valence-electron chi connectivity index (χ4n) is 2.38. The summed E-state index contributed by atoms with van der Waals surface area (Å²) in [4.78, 5) is 14.0. The standard InChI is InChI=1S/C13H24ClNO2/c1-2-10-17-11-13(16)15(9-8-14)12-6-4-3-5-7-12/h12H,2-11H2,1H3. The maximum Gasteiger partial charge on any atom is 0.248 e. The number of nitrogens with zero attached hydrogens (tertiary/aromatic N) is 1. The second kappa shape index (κ2) is 8.76. The molecule has 100 valence electrons. The van der Waals surface area contributed by atoms with E-state index in [1.54, 1.807) is 0 Å². The minimum Gasteiger partial charge on any atom is -0.372 e. The van der Waals surface area contributed by atoms with E-state index in [0.717, 1.165) is 19.3 Å². The quantitative estimate of drug-likeness (QED) is 0.521. The van der Waals surface area contributed by atoms with Crippen molar-refractivity contribution in [2.24, 2.45) is 0 Å². The monoisotopic (exact) mass is 261 g/mol. The van der Waals surface area contributed by atoms with Gasteiger partial charge in [0, 0.05) is 25.1 Å². The van der Waals surface area contributed by atoms with Crippen molar-refractivity contribution < 1.29 is 9.53 Å². The first-order chi connectivity index (χ1) is 8.29. The zero-order chi connectivity index (χ0) is 12.5. The number of amides is 1. The Hall–Kier alpha value is -0.280. The van der Waals surface area contributed by atoms with Crippen molar-refractivity contribution in [3.8, 4) is 0 Å². The highest BCUT2D eigenvalue weighted by Gasteiger charge is 2.24. The van der Waals surface area contributed by atoms with E-state index >= 15 is 0 Å². The number of alkyl halides is 1. The van der Waals surface area contributed by atoms with Gasteiger partial charge in [-0.1, -0.05) is 26.2 Å². The van der Waals surface area contributed by atoms with E-state index in [4.69, 9.17) is 16.3 Å². The molecule has 1 aliphatic rings. The minimum atomic E-state index is 0.103. The highest BCUT2D eigenvalue weighted by Crippen LogP contribution is 2.22. The first-order valence-corrected chi connectivity index (χ1v) is 7.26. The Morgan fingerprint density at radius 3 is 2.65 bits per heavy atom. The van der Waals surface area contributed by atoms with E-state index in [9.17, 15) is 4.79 Å². The molecular formula is C13H24ClNO2. The molecule has 0 heterocycles. The normalized spacial score (nSPS) is 17.1. The Bertz CT molecular complexity index is 217. The van der Waals surface area contributed by atoms with Gasteiger partial charge in [0.05, 0.1) is 0 Å². The summed E-state index contributed by atoms with van der Waals surface area (Å²) in [6.45, 7) is 3.56. The van der Waals surface area contributed by atoms with Crippen LogP contribution in [-0.4, -0.2) is 42.5 Å². The molecule has 0 N–H and O–H groups in total. The van der Waals surface area contributed by atoms with Gasteiger partial charge in [0.25, 0.3) is 0 Å². The van der Waals surface area contributed by atoms with Gasteiger partial charge in [0.15, 0.2) is 0 Å². The molecule has 17 heavy (non-hydrogen) atoms. The molecule has 1 amide bonds.